The van der Waals surface area contributed by atoms with Gasteiger partial charge in [0.05, 0.1) is 6.61 Å². The predicted molar refractivity (Wildman–Crippen MR) is 105 cm³/mol. The third-order valence-electron chi connectivity index (χ3n) is 4.06. The van der Waals surface area contributed by atoms with E-state index < -0.39 is 0 Å². The highest BCUT2D eigenvalue weighted by Gasteiger charge is 2.07. The molecule has 0 atom stereocenters. The van der Waals surface area contributed by atoms with Gasteiger partial charge in [0.25, 0.3) is 0 Å². The number of carbonyl (C=O) groups is 1. The summed E-state index contributed by atoms with van der Waals surface area (Å²) in [6.07, 6.45) is 6.68. The van der Waals surface area contributed by atoms with Crippen LogP contribution in [0, 0.1) is 0 Å². The van der Waals surface area contributed by atoms with Gasteiger partial charge in [-0.1, -0.05) is 38.3 Å². The first-order chi connectivity index (χ1) is 12.1. The molecule has 0 aliphatic carbocycles. The number of nitrogens with two attached hydrogens (primary N) is 1. The predicted octanol–water partition coefficient (Wildman–Crippen LogP) is 5.51. The van der Waals surface area contributed by atoms with Crippen molar-refractivity contribution in [2.75, 3.05) is 12.3 Å². The molecule has 0 aliphatic rings. The van der Waals surface area contributed by atoms with Crippen LogP contribution in [0.4, 0.5) is 5.69 Å². The molecule has 0 unspecified atom stereocenters. The quantitative estimate of drug-likeness (QED) is 0.284. The van der Waals surface area contributed by atoms with E-state index in [9.17, 15) is 4.79 Å². The van der Waals surface area contributed by atoms with E-state index in [-0.39, 0.29) is 5.78 Å². The summed E-state index contributed by atoms with van der Waals surface area (Å²) < 4.78 is 5.74. The molecule has 2 aromatic carbocycles. The van der Waals surface area contributed by atoms with Crippen LogP contribution in [0.3, 0.4) is 0 Å². The van der Waals surface area contributed by atoms with Gasteiger partial charge in [0, 0.05) is 11.3 Å². The van der Waals surface area contributed by atoms with Gasteiger partial charge in [-0.15, -0.1) is 0 Å². The molecular weight excluding hydrogens is 310 g/mol. The maximum atomic E-state index is 12.4. The summed E-state index contributed by atoms with van der Waals surface area (Å²) in [7, 11) is 0. The number of anilines is 1. The Bertz CT molecular complexity index is 700. The van der Waals surface area contributed by atoms with Crippen LogP contribution in [-0.4, -0.2) is 12.4 Å². The van der Waals surface area contributed by atoms with Crippen molar-refractivity contribution in [3.8, 4) is 5.75 Å². The lowest BCUT2D eigenvalue weighted by Gasteiger charge is -2.06. The van der Waals surface area contributed by atoms with Gasteiger partial charge < -0.3 is 10.5 Å². The normalized spacial score (nSPS) is 11.4. The molecule has 0 saturated carbocycles. The van der Waals surface area contributed by atoms with Gasteiger partial charge in [-0.2, -0.15) is 0 Å². The van der Waals surface area contributed by atoms with Crippen molar-refractivity contribution in [3.05, 3.63) is 65.2 Å². The average Bonchev–Trinajstić information content (AvgIpc) is 2.63. The van der Waals surface area contributed by atoms with Crippen LogP contribution in [-0.2, 0) is 0 Å². The Kier molecular flexibility index (Phi) is 7.27. The number of allylic oxidation sites excluding steroid dienone is 1. The van der Waals surface area contributed by atoms with Crippen LogP contribution in [0.2, 0.25) is 0 Å². The number of hydrogen-bond donors (Lipinski definition) is 1. The maximum Gasteiger partial charge on any atom is 0.188 e. The number of Topliss-reactive ketones (excluding diaryl/α,β-unsaturated/α-hetero) is 1. The monoisotopic (exact) mass is 337 g/mol. The topological polar surface area (TPSA) is 52.3 Å². The van der Waals surface area contributed by atoms with Crippen molar-refractivity contribution in [2.24, 2.45) is 0 Å². The van der Waals surface area contributed by atoms with Crippen LogP contribution < -0.4 is 10.5 Å². The first-order valence-corrected chi connectivity index (χ1v) is 8.91. The molecular formula is C22H27NO2. The van der Waals surface area contributed by atoms with Gasteiger partial charge in [-0.3, -0.25) is 4.79 Å². The molecule has 3 nitrogen and oxygen atoms in total. The van der Waals surface area contributed by atoms with Gasteiger partial charge in [-0.25, -0.2) is 0 Å². The molecule has 25 heavy (non-hydrogen) atoms. The van der Waals surface area contributed by atoms with Gasteiger partial charge in [0.2, 0.25) is 0 Å². The fraction of sp³-hybridized carbons (Fsp3) is 0.318. The third kappa shape index (κ3) is 6.11. The number of ether oxygens (including phenoxy) is 1. The number of carbonyl (C=O) groups excluding carboxylic acids is 1. The minimum Gasteiger partial charge on any atom is -0.494 e. The molecule has 0 aromatic heterocycles. The summed E-state index contributed by atoms with van der Waals surface area (Å²) in [4.78, 5) is 12.4. The van der Waals surface area contributed by atoms with Crippen molar-refractivity contribution in [1.29, 1.82) is 0 Å². The highest BCUT2D eigenvalue weighted by molar-refractivity contribution is 6.11. The molecule has 2 rings (SSSR count). The minimum atomic E-state index is 0.0104. The summed E-state index contributed by atoms with van der Waals surface area (Å²) in [5.41, 5.74) is 8.64. The van der Waals surface area contributed by atoms with Crippen LogP contribution in [0.15, 0.2) is 54.1 Å². The highest BCUT2D eigenvalue weighted by Crippen LogP contribution is 2.17. The number of nitrogen functional groups attached to an aromatic ring is 1. The molecule has 0 radical (unpaired) electrons. The molecule has 0 fully saturated rings. The van der Waals surface area contributed by atoms with Crippen molar-refractivity contribution in [3.63, 3.8) is 0 Å². The van der Waals surface area contributed by atoms with Gasteiger partial charge in [-0.05, 0) is 67.0 Å². The molecule has 0 aliphatic heterocycles. The van der Waals surface area contributed by atoms with E-state index in [4.69, 9.17) is 10.5 Å². The van der Waals surface area contributed by atoms with Crippen molar-refractivity contribution >= 4 is 17.5 Å². The Morgan fingerprint density at radius 2 is 1.68 bits per heavy atom. The Morgan fingerprint density at radius 1 is 1.00 bits per heavy atom. The number of rotatable bonds is 9. The molecule has 0 spiro atoms. The highest BCUT2D eigenvalue weighted by atomic mass is 16.5. The fourth-order valence-corrected chi connectivity index (χ4v) is 2.56. The zero-order valence-corrected chi connectivity index (χ0v) is 15.1. The van der Waals surface area contributed by atoms with Gasteiger partial charge in [0.1, 0.15) is 5.75 Å². The number of ketones is 1. The zero-order valence-electron chi connectivity index (χ0n) is 15.1. The maximum absolute atomic E-state index is 12.4. The van der Waals surface area contributed by atoms with E-state index >= 15 is 0 Å². The summed E-state index contributed by atoms with van der Waals surface area (Å²) in [5, 5.41) is 0. The SMILES string of the molecule is CCCCCCOc1ccc(C=C(C)C(=O)c2ccc(N)cc2)cc1. The molecule has 0 bridgehead atoms. The molecule has 132 valence electrons. The number of benzene rings is 2. The summed E-state index contributed by atoms with van der Waals surface area (Å²) >= 11 is 0. The molecule has 2 aromatic rings. The largest absolute Gasteiger partial charge is 0.494 e. The zero-order chi connectivity index (χ0) is 18.1. The van der Waals surface area contributed by atoms with Crippen LogP contribution >= 0.6 is 0 Å². The van der Waals surface area contributed by atoms with Crippen LogP contribution in [0.1, 0.15) is 55.5 Å². The first-order valence-electron chi connectivity index (χ1n) is 8.91. The lowest BCUT2D eigenvalue weighted by Crippen LogP contribution is -2.01. The van der Waals surface area contributed by atoms with Gasteiger partial charge in [0.15, 0.2) is 5.78 Å². The van der Waals surface area contributed by atoms with E-state index in [1.165, 1.54) is 19.3 Å². The van der Waals surface area contributed by atoms with Crippen LogP contribution in [0.25, 0.3) is 6.08 Å². The van der Waals surface area contributed by atoms with Crippen molar-refractivity contribution in [1.82, 2.24) is 0 Å². The second kappa shape index (κ2) is 9.67. The fourth-order valence-electron chi connectivity index (χ4n) is 2.56. The Labute approximate surface area is 150 Å². The average molecular weight is 337 g/mol. The van der Waals surface area contributed by atoms with E-state index in [0.717, 1.165) is 24.3 Å². The van der Waals surface area contributed by atoms with E-state index in [1.807, 2.05) is 37.3 Å². The second-order valence-electron chi connectivity index (χ2n) is 6.26. The summed E-state index contributed by atoms with van der Waals surface area (Å²) in [6, 6.07) is 14.8. The molecule has 0 saturated heterocycles. The second-order valence-corrected chi connectivity index (χ2v) is 6.26. The van der Waals surface area contributed by atoms with E-state index in [2.05, 4.69) is 6.92 Å². The summed E-state index contributed by atoms with van der Waals surface area (Å²) in [5.74, 6) is 0.882. The standard InChI is InChI=1S/C22H27NO2/c1-3-4-5-6-15-25-21-13-7-18(8-14-21)16-17(2)22(24)19-9-11-20(23)12-10-19/h7-14,16H,3-6,15,23H2,1-2H3. The molecule has 2 N–H and O–H groups in total. The Balaban J connectivity index is 1.93. The lowest BCUT2D eigenvalue weighted by atomic mass is 10.0. The Hall–Kier alpha value is -2.55. The first kappa shape index (κ1) is 18.8. The third-order valence-corrected chi connectivity index (χ3v) is 4.06. The van der Waals surface area contributed by atoms with Crippen molar-refractivity contribution < 1.29 is 9.53 Å². The van der Waals surface area contributed by atoms with Crippen LogP contribution in [0.5, 0.6) is 5.75 Å². The van der Waals surface area contributed by atoms with E-state index in [0.29, 0.717) is 16.8 Å². The smallest absolute Gasteiger partial charge is 0.188 e. The van der Waals surface area contributed by atoms with E-state index in [1.54, 1.807) is 24.3 Å². The summed E-state index contributed by atoms with van der Waals surface area (Å²) in [6.45, 7) is 4.79. The number of hydrogen-bond acceptors (Lipinski definition) is 3. The Morgan fingerprint density at radius 3 is 2.32 bits per heavy atom. The number of unbranched alkanes of at least 4 members (excludes halogenated alkanes) is 3. The lowest BCUT2D eigenvalue weighted by molar-refractivity contribution is 0.103. The van der Waals surface area contributed by atoms with Gasteiger partial charge >= 0.3 is 0 Å². The minimum absolute atomic E-state index is 0.0104. The molecule has 0 heterocycles. The van der Waals surface area contributed by atoms with Crippen molar-refractivity contribution in [2.45, 2.75) is 39.5 Å². The molecule has 3 heteroatoms. The molecule has 0 amide bonds.